The first kappa shape index (κ1) is 14.0. The molecule has 0 saturated carbocycles. The zero-order valence-corrected chi connectivity index (χ0v) is 11.5. The Labute approximate surface area is 118 Å². The van der Waals surface area contributed by atoms with Gasteiger partial charge in [0.05, 0.1) is 18.3 Å². The maximum Gasteiger partial charge on any atom is 0.228 e. The van der Waals surface area contributed by atoms with Crippen molar-refractivity contribution in [1.82, 2.24) is 14.9 Å². The molecule has 0 saturated heterocycles. The molecule has 0 aromatic carbocycles. The number of rotatable bonds is 5. The molecule has 0 aliphatic heterocycles. The number of nitrogens with two attached hydrogens (primary N) is 1. The van der Waals surface area contributed by atoms with Crippen LogP contribution in [0.3, 0.4) is 0 Å². The van der Waals surface area contributed by atoms with Crippen molar-refractivity contribution in [1.29, 1.82) is 0 Å². The van der Waals surface area contributed by atoms with Crippen LogP contribution in [0.1, 0.15) is 11.3 Å². The minimum Gasteiger partial charge on any atom is -0.397 e. The fraction of sp³-hybridized carbons (Fsp3) is 0.267. The zero-order chi connectivity index (χ0) is 14.4. The Morgan fingerprint density at radius 2 is 2.00 bits per heavy atom. The highest BCUT2D eigenvalue weighted by Crippen LogP contribution is 2.04. The number of hydrogen-bond acceptors (Lipinski definition) is 4. The van der Waals surface area contributed by atoms with Crippen molar-refractivity contribution >= 4 is 11.6 Å². The lowest BCUT2D eigenvalue weighted by Gasteiger charge is -2.17. The molecule has 2 aromatic heterocycles. The van der Waals surface area contributed by atoms with Gasteiger partial charge in [0.1, 0.15) is 0 Å². The number of pyridine rings is 2. The molecule has 2 aromatic rings. The van der Waals surface area contributed by atoms with Crippen molar-refractivity contribution in [2.24, 2.45) is 0 Å². The molecular formula is C15H18N4O. The summed E-state index contributed by atoms with van der Waals surface area (Å²) in [6.45, 7) is 0.678. The van der Waals surface area contributed by atoms with Gasteiger partial charge in [-0.15, -0.1) is 0 Å². The second kappa shape index (κ2) is 6.65. The van der Waals surface area contributed by atoms with Crippen LogP contribution in [-0.4, -0.2) is 34.4 Å². The van der Waals surface area contributed by atoms with E-state index in [2.05, 4.69) is 9.97 Å². The van der Waals surface area contributed by atoms with Crippen LogP contribution in [0.2, 0.25) is 0 Å². The van der Waals surface area contributed by atoms with Crippen LogP contribution in [0.5, 0.6) is 0 Å². The van der Waals surface area contributed by atoms with Crippen molar-refractivity contribution in [3.63, 3.8) is 0 Å². The Morgan fingerprint density at radius 1 is 1.25 bits per heavy atom. The molecule has 0 spiro atoms. The van der Waals surface area contributed by atoms with E-state index in [1.165, 1.54) is 5.56 Å². The van der Waals surface area contributed by atoms with Gasteiger partial charge >= 0.3 is 0 Å². The van der Waals surface area contributed by atoms with Crippen molar-refractivity contribution < 1.29 is 4.79 Å². The third-order valence-corrected chi connectivity index (χ3v) is 3.09. The number of carbonyl (C=O) groups is 1. The van der Waals surface area contributed by atoms with Gasteiger partial charge < -0.3 is 10.6 Å². The number of aromatic nitrogens is 2. The number of nitrogen functional groups attached to an aromatic ring is 1. The van der Waals surface area contributed by atoms with E-state index in [0.717, 1.165) is 12.1 Å². The Hall–Kier alpha value is -2.43. The van der Waals surface area contributed by atoms with Gasteiger partial charge in [-0.2, -0.15) is 0 Å². The van der Waals surface area contributed by atoms with E-state index < -0.39 is 0 Å². The first-order valence-corrected chi connectivity index (χ1v) is 6.48. The fourth-order valence-electron chi connectivity index (χ4n) is 1.80. The summed E-state index contributed by atoms with van der Waals surface area (Å²) in [7, 11) is 1.81. The molecule has 0 aliphatic carbocycles. The summed E-state index contributed by atoms with van der Waals surface area (Å²) in [5.74, 6) is 0.0522. The third-order valence-electron chi connectivity index (χ3n) is 3.09. The van der Waals surface area contributed by atoms with Gasteiger partial charge in [0, 0.05) is 31.7 Å². The predicted molar refractivity (Wildman–Crippen MR) is 77.9 cm³/mol. The van der Waals surface area contributed by atoms with E-state index in [1.807, 2.05) is 12.1 Å². The SMILES string of the molecule is CN(CCc1ccncc1)C(=O)Cc1ccc(N)cn1. The average molecular weight is 270 g/mol. The molecule has 5 heteroatoms. The van der Waals surface area contributed by atoms with Gasteiger partial charge in [0.15, 0.2) is 0 Å². The molecule has 0 bridgehead atoms. The van der Waals surface area contributed by atoms with Crippen LogP contribution >= 0.6 is 0 Å². The molecule has 5 nitrogen and oxygen atoms in total. The normalized spacial score (nSPS) is 10.2. The first-order chi connectivity index (χ1) is 9.65. The number of likely N-dealkylation sites (N-methyl/N-ethyl adjacent to an activating group) is 1. The standard InChI is InChI=1S/C15H18N4O/c1-19(9-6-12-4-7-17-8-5-12)15(20)10-14-3-2-13(16)11-18-14/h2-5,7-8,11H,6,9-10,16H2,1H3. The summed E-state index contributed by atoms with van der Waals surface area (Å²) in [5.41, 5.74) is 8.08. The molecule has 2 N–H and O–H groups in total. The minimum absolute atomic E-state index is 0.0522. The van der Waals surface area contributed by atoms with E-state index in [9.17, 15) is 4.79 Å². The van der Waals surface area contributed by atoms with Crippen molar-refractivity contribution in [2.75, 3.05) is 19.3 Å². The van der Waals surface area contributed by atoms with Crippen LogP contribution in [0.15, 0.2) is 42.9 Å². The Kier molecular flexibility index (Phi) is 4.65. The summed E-state index contributed by atoms with van der Waals surface area (Å²) in [6, 6.07) is 7.45. The Balaban J connectivity index is 1.84. The topological polar surface area (TPSA) is 72.1 Å². The third kappa shape index (κ3) is 4.05. The number of hydrogen-bond donors (Lipinski definition) is 1. The lowest BCUT2D eigenvalue weighted by molar-refractivity contribution is -0.129. The van der Waals surface area contributed by atoms with Crippen LogP contribution in [0, 0.1) is 0 Å². The lowest BCUT2D eigenvalue weighted by Crippen LogP contribution is -2.30. The molecule has 20 heavy (non-hydrogen) atoms. The highest BCUT2D eigenvalue weighted by molar-refractivity contribution is 5.78. The zero-order valence-electron chi connectivity index (χ0n) is 11.5. The highest BCUT2D eigenvalue weighted by Gasteiger charge is 2.10. The quantitative estimate of drug-likeness (QED) is 0.889. The van der Waals surface area contributed by atoms with E-state index >= 15 is 0 Å². The van der Waals surface area contributed by atoms with Crippen molar-refractivity contribution in [2.45, 2.75) is 12.8 Å². The highest BCUT2D eigenvalue weighted by atomic mass is 16.2. The summed E-state index contributed by atoms with van der Waals surface area (Å²) in [4.78, 5) is 21.9. The lowest BCUT2D eigenvalue weighted by atomic mass is 10.2. The second-order valence-corrected chi connectivity index (χ2v) is 4.68. The van der Waals surface area contributed by atoms with E-state index in [-0.39, 0.29) is 5.91 Å². The van der Waals surface area contributed by atoms with E-state index in [0.29, 0.717) is 18.7 Å². The van der Waals surface area contributed by atoms with Crippen LogP contribution in [-0.2, 0) is 17.6 Å². The molecule has 2 heterocycles. The van der Waals surface area contributed by atoms with E-state index in [4.69, 9.17) is 5.73 Å². The van der Waals surface area contributed by atoms with Crippen LogP contribution in [0.25, 0.3) is 0 Å². The van der Waals surface area contributed by atoms with Gasteiger partial charge in [-0.25, -0.2) is 0 Å². The van der Waals surface area contributed by atoms with Crippen molar-refractivity contribution in [3.8, 4) is 0 Å². The summed E-state index contributed by atoms with van der Waals surface area (Å²) in [5, 5.41) is 0. The largest absolute Gasteiger partial charge is 0.397 e. The van der Waals surface area contributed by atoms with Gasteiger partial charge in [-0.05, 0) is 36.2 Å². The maximum atomic E-state index is 12.1. The van der Waals surface area contributed by atoms with Gasteiger partial charge in [-0.3, -0.25) is 14.8 Å². The van der Waals surface area contributed by atoms with E-state index in [1.54, 1.807) is 42.7 Å². The number of anilines is 1. The molecule has 0 unspecified atom stereocenters. The summed E-state index contributed by atoms with van der Waals surface area (Å²) in [6.07, 6.45) is 6.21. The van der Waals surface area contributed by atoms with Crippen molar-refractivity contribution in [3.05, 3.63) is 54.1 Å². The monoisotopic (exact) mass is 270 g/mol. The van der Waals surface area contributed by atoms with Gasteiger partial charge in [0.25, 0.3) is 0 Å². The molecule has 2 rings (SSSR count). The van der Waals surface area contributed by atoms with Crippen LogP contribution in [0.4, 0.5) is 5.69 Å². The molecule has 0 aliphatic rings. The molecule has 0 fully saturated rings. The Bertz CT molecular complexity index is 554. The molecule has 0 radical (unpaired) electrons. The average Bonchev–Trinajstić information content (AvgIpc) is 2.48. The number of nitrogens with zero attached hydrogens (tertiary/aromatic N) is 3. The maximum absolute atomic E-state index is 12.1. The minimum atomic E-state index is 0.0522. The fourth-order valence-corrected chi connectivity index (χ4v) is 1.80. The summed E-state index contributed by atoms with van der Waals surface area (Å²) >= 11 is 0. The molecular weight excluding hydrogens is 252 g/mol. The Morgan fingerprint density at radius 3 is 2.65 bits per heavy atom. The second-order valence-electron chi connectivity index (χ2n) is 4.68. The predicted octanol–water partition coefficient (Wildman–Crippen LogP) is 1.30. The van der Waals surface area contributed by atoms with Gasteiger partial charge in [0.2, 0.25) is 5.91 Å². The number of amides is 1. The van der Waals surface area contributed by atoms with Gasteiger partial charge in [-0.1, -0.05) is 0 Å². The molecule has 104 valence electrons. The van der Waals surface area contributed by atoms with Crippen LogP contribution < -0.4 is 5.73 Å². The number of carbonyl (C=O) groups excluding carboxylic acids is 1. The molecule has 1 amide bonds. The molecule has 0 atom stereocenters. The first-order valence-electron chi connectivity index (χ1n) is 6.48. The summed E-state index contributed by atoms with van der Waals surface area (Å²) < 4.78 is 0. The smallest absolute Gasteiger partial charge is 0.228 e.